The Bertz CT molecular complexity index is 979. The van der Waals surface area contributed by atoms with Crippen molar-refractivity contribution >= 4 is 12.0 Å². The lowest BCUT2D eigenvalue weighted by Gasteiger charge is -2.07. The molecule has 1 aromatic heterocycles. The van der Waals surface area contributed by atoms with Gasteiger partial charge in [-0.3, -0.25) is 4.68 Å². The zero-order valence-electron chi connectivity index (χ0n) is 16.2. The molecule has 3 aromatic rings. The Morgan fingerprint density at radius 2 is 1.86 bits per heavy atom. The average molecular weight is 399 g/mol. The molecule has 146 valence electrons. The van der Waals surface area contributed by atoms with Gasteiger partial charge in [-0.2, -0.15) is 10.4 Å². The van der Waals surface area contributed by atoms with E-state index in [0.717, 1.165) is 28.1 Å². The van der Waals surface area contributed by atoms with E-state index in [1.807, 2.05) is 56.6 Å². The van der Waals surface area contributed by atoms with Crippen LogP contribution >= 0.6 is 12.0 Å². The summed E-state index contributed by atoms with van der Waals surface area (Å²) in [6.07, 6.45) is 0. The van der Waals surface area contributed by atoms with Crippen molar-refractivity contribution in [2.45, 2.75) is 39.1 Å². The molecule has 1 N–H and O–H groups in total. The van der Waals surface area contributed by atoms with Gasteiger partial charge in [-0.25, -0.2) is 0 Å². The molecule has 2 aromatic carbocycles. The molecule has 0 saturated heterocycles. The minimum atomic E-state index is -0.0419. The third-order valence-electron chi connectivity index (χ3n) is 4.17. The second-order valence-corrected chi connectivity index (χ2v) is 6.60. The number of halogens is 1. The fourth-order valence-corrected chi connectivity index (χ4v) is 3.23. The van der Waals surface area contributed by atoms with Gasteiger partial charge in [0.2, 0.25) is 0 Å². The van der Waals surface area contributed by atoms with E-state index in [9.17, 15) is 9.63 Å². The fraction of sp³-hybridized carbons (Fsp3) is 0.238. The number of nitrogens with zero attached hydrogens (tertiary/aromatic N) is 3. The Kier molecular flexibility index (Phi) is 7.61. The molecule has 0 amide bonds. The zero-order valence-corrected chi connectivity index (χ0v) is 17.0. The molecular formula is C21H22FN3O2S. The Morgan fingerprint density at radius 1 is 1.18 bits per heavy atom. The summed E-state index contributed by atoms with van der Waals surface area (Å²) in [5, 5.41) is 23.5. The Labute approximate surface area is 168 Å². The quantitative estimate of drug-likeness (QED) is 0.555. The normalized spacial score (nSPS) is 10.1. The summed E-state index contributed by atoms with van der Waals surface area (Å²) in [6, 6.07) is 14.3. The summed E-state index contributed by atoms with van der Waals surface area (Å²) in [6.45, 7) is 8.44. The van der Waals surface area contributed by atoms with E-state index in [1.165, 1.54) is 0 Å². The summed E-state index contributed by atoms with van der Waals surface area (Å²) in [5.41, 5.74) is 4.80. The maximum Gasteiger partial charge on any atom is 0.133 e. The highest BCUT2D eigenvalue weighted by Gasteiger charge is 2.15. The second-order valence-electron chi connectivity index (χ2n) is 5.84. The van der Waals surface area contributed by atoms with E-state index >= 15 is 0 Å². The van der Waals surface area contributed by atoms with Crippen LogP contribution in [0.2, 0.25) is 0 Å². The number of hydrogen-bond acceptors (Lipinski definition) is 5. The molecule has 0 saturated carbocycles. The molecule has 0 aliphatic heterocycles. The first-order valence-electron chi connectivity index (χ1n) is 8.85. The average Bonchev–Trinajstić information content (AvgIpc) is 2.98. The highest BCUT2D eigenvalue weighted by Crippen LogP contribution is 2.31. The van der Waals surface area contributed by atoms with Crippen molar-refractivity contribution in [1.29, 1.82) is 5.26 Å². The zero-order chi connectivity index (χ0) is 20.7. The van der Waals surface area contributed by atoms with Crippen molar-refractivity contribution < 1.29 is 14.0 Å². The Hall–Kier alpha value is -2.82. The number of aryl methyl sites for hydroxylation is 1. The molecular weight excluding hydrogens is 377 g/mol. The van der Waals surface area contributed by atoms with Crippen LogP contribution in [0.15, 0.2) is 47.4 Å². The minimum Gasteiger partial charge on any atom is -0.507 e. The predicted octanol–water partition coefficient (Wildman–Crippen LogP) is 5.73. The van der Waals surface area contributed by atoms with Crippen LogP contribution in [-0.2, 0) is 10.9 Å². The van der Waals surface area contributed by atoms with Gasteiger partial charge in [-0.05, 0) is 53.8 Å². The van der Waals surface area contributed by atoms with Gasteiger partial charge in [0.1, 0.15) is 11.8 Å². The minimum absolute atomic E-state index is 0.0419. The molecule has 5 nitrogen and oxygen atoms in total. The van der Waals surface area contributed by atoms with Gasteiger partial charge >= 0.3 is 0 Å². The second kappa shape index (κ2) is 9.93. The van der Waals surface area contributed by atoms with Crippen molar-refractivity contribution in [2.24, 2.45) is 0 Å². The molecule has 0 aliphatic rings. The lowest BCUT2D eigenvalue weighted by atomic mass is 10.0. The highest BCUT2D eigenvalue weighted by molar-refractivity contribution is 7.94. The molecule has 0 aliphatic carbocycles. The summed E-state index contributed by atoms with van der Waals surface area (Å²) in [7, 11) is 0. The van der Waals surface area contributed by atoms with Crippen LogP contribution in [0.5, 0.6) is 5.75 Å². The summed E-state index contributed by atoms with van der Waals surface area (Å²) >= 11 is 0.666. The van der Waals surface area contributed by atoms with E-state index in [0.29, 0.717) is 23.5 Å². The van der Waals surface area contributed by atoms with E-state index in [-0.39, 0.29) is 11.3 Å². The van der Waals surface area contributed by atoms with Gasteiger partial charge in [0.05, 0.1) is 29.8 Å². The van der Waals surface area contributed by atoms with E-state index < -0.39 is 0 Å². The van der Waals surface area contributed by atoms with Crippen LogP contribution in [0.4, 0.5) is 4.53 Å². The topological polar surface area (TPSA) is 71.1 Å². The summed E-state index contributed by atoms with van der Waals surface area (Å²) in [5.74, 6) is -0.0419. The largest absolute Gasteiger partial charge is 0.507 e. The van der Waals surface area contributed by atoms with E-state index in [4.69, 9.17) is 5.26 Å². The fourth-order valence-electron chi connectivity index (χ4n) is 2.91. The smallest absolute Gasteiger partial charge is 0.133 e. The van der Waals surface area contributed by atoms with Crippen LogP contribution in [-0.4, -0.2) is 14.9 Å². The van der Waals surface area contributed by atoms with Gasteiger partial charge in [0.25, 0.3) is 0 Å². The van der Waals surface area contributed by atoms with Crippen LogP contribution < -0.4 is 0 Å². The molecule has 1 heterocycles. The molecule has 0 fully saturated rings. The van der Waals surface area contributed by atoms with E-state index in [2.05, 4.69) is 9.49 Å². The summed E-state index contributed by atoms with van der Waals surface area (Å²) in [4.78, 5) is 0.679. The van der Waals surface area contributed by atoms with Gasteiger partial charge in [-0.15, -0.1) is 4.39 Å². The van der Waals surface area contributed by atoms with Crippen LogP contribution in [0.1, 0.15) is 36.4 Å². The predicted molar refractivity (Wildman–Crippen MR) is 108 cm³/mol. The first-order valence-corrected chi connectivity index (χ1v) is 9.59. The molecule has 0 unspecified atom stereocenters. The molecule has 0 spiro atoms. The first kappa shape index (κ1) is 21.5. The standard InChI is InChI=1S/C19H16FN3O2S.C2H6/c1-12-19(15-5-6-16(10-21)18(24)9-15)13(2)23(22-12)11-14-3-7-17(8-4-14)26-25-20;1-2/h3-9,24H,11H2,1-2H3;1-2H3. The maximum absolute atomic E-state index is 11.9. The molecule has 28 heavy (non-hydrogen) atoms. The maximum atomic E-state index is 11.9. The number of aromatic hydroxyl groups is 1. The van der Waals surface area contributed by atoms with Gasteiger partial charge in [-0.1, -0.05) is 32.0 Å². The van der Waals surface area contributed by atoms with Crippen molar-refractivity contribution in [3.8, 4) is 22.9 Å². The lowest BCUT2D eigenvalue weighted by molar-refractivity contribution is 0.0231. The molecule has 0 radical (unpaired) electrons. The van der Waals surface area contributed by atoms with Crippen molar-refractivity contribution in [1.82, 2.24) is 9.78 Å². The van der Waals surface area contributed by atoms with Crippen molar-refractivity contribution in [3.63, 3.8) is 0 Å². The number of phenolic OH excluding ortho intramolecular Hbond substituents is 1. The molecule has 0 atom stereocenters. The van der Waals surface area contributed by atoms with Crippen molar-refractivity contribution in [2.75, 3.05) is 0 Å². The Balaban J connectivity index is 0.00000136. The van der Waals surface area contributed by atoms with E-state index in [1.54, 1.807) is 24.3 Å². The monoisotopic (exact) mass is 399 g/mol. The van der Waals surface area contributed by atoms with Gasteiger partial charge < -0.3 is 5.11 Å². The van der Waals surface area contributed by atoms with Crippen LogP contribution in [0.25, 0.3) is 11.1 Å². The number of phenols is 1. The first-order chi connectivity index (χ1) is 13.5. The number of benzene rings is 2. The molecule has 0 bridgehead atoms. The van der Waals surface area contributed by atoms with Gasteiger partial charge in [0, 0.05) is 16.2 Å². The number of nitriles is 1. The molecule has 7 heteroatoms. The lowest BCUT2D eigenvalue weighted by Crippen LogP contribution is -2.04. The third kappa shape index (κ3) is 4.71. The van der Waals surface area contributed by atoms with Crippen LogP contribution in [0, 0.1) is 25.2 Å². The number of rotatable bonds is 5. The molecule has 3 rings (SSSR count). The SMILES string of the molecule is CC.Cc1nn(Cc2ccc(SOF)cc2)c(C)c1-c1ccc(C#N)c(O)c1. The van der Waals surface area contributed by atoms with Crippen LogP contribution in [0.3, 0.4) is 0 Å². The third-order valence-corrected chi connectivity index (χ3v) is 4.70. The number of hydrogen-bond donors (Lipinski definition) is 1. The summed E-state index contributed by atoms with van der Waals surface area (Å²) < 4.78 is 17.3. The Morgan fingerprint density at radius 3 is 2.43 bits per heavy atom. The van der Waals surface area contributed by atoms with Gasteiger partial charge in [0.15, 0.2) is 0 Å². The van der Waals surface area contributed by atoms with Crippen molar-refractivity contribution in [3.05, 3.63) is 65.0 Å². The number of aromatic nitrogens is 2. The highest BCUT2D eigenvalue weighted by atomic mass is 32.2.